The summed E-state index contributed by atoms with van der Waals surface area (Å²) in [6, 6.07) is 5.10. The van der Waals surface area contributed by atoms with E-state index >= 15 is 0 Å². The highest BCUT2D eigenvalue weighted by Crippen LogP contribution is 2.27. The monoisotopic (exact) mass is 254 g/mol. The van der Waals surface area contributed by atoms with E-state index < -0.39 is 0 Å². The Morgan fingerprint density at radius 2 is 1.94 bits per heavy atom. The van der Waals surface area contributed by atoms with Gasteiger partial charge in [0.1, 0.15) is 0 Å². The number of aliphatic hydroxyl groups is 1. The van der Waals surface area contributed by atoms with E-state index in [1.807, 2.05) is 6.07 Å². The number of nitrogens with one attached hydrogen (secondary N) is 2. The highest BCUT2D eigenvalue weighted by atomic mass is 16.5. The second kappa shape index (κ2) is 7.39. The van der Waals surface area contributed by atoms with Gasteiger partial charge in [0.15, 0.2) is 11.5 Å². The minimum absolute atomic E-state index is 0.0796. The average Bonchev–Trinajstić information content (AvgIpc) is 2.42. The normalized spacial score (nSPS) is 9.72. The molecule has 0 aliphatic rings. The van der Waals surface area contributed by atoms with Crippen molar-refractivity contribution >= 4 is 6.03 Å². The Balaban J connectivity index is 2.55. The Labute approximate surface area is 106 Å². The van der Waals surface area contributed by atoms with Crippen molar-refractivity contribution in [3.8, 4) is 11.5 Å². The van der Waals surface area contributed by atoms with E-state index in [0.717, 1.165) is 5.56 Å². The van der Waals surface area contributed by atoms with Gasteiger partial charge in [0, 0.05) is 13.1 Å². The molecule has 0 unspecified atom stereocenters. The van der Waals surface area contributed by atoms with E-state index in [0.29, 0.717) is 18.0 Å². The first-order valence-electron chi connectivity index (χ1n) is 5.54. The third kappa shape index (κ3) is 4.14. The fourth-order valence-electron chi connectivity index (χ4n) is 1.40. The van der Waals surface area contributed by atoms with Crippen LogP contribution >= 0.6 is 0 Å². The summed E-state index contributed by atoms with van der Waals surface area (Å²) in [7, 11) is 3.13. The summed E-state index contributed by atoms with van der Waals surface area (Å²) in [4.78, 5) is 11.3. The summed E-state index contributed by atoms with van der Waals surface area (Å²) in [5.74, 6) is 1.26. The van der Waals surface area contributed by atoms with Gasteiger partial charge in [-0.25, -0.2) is 4.79 Å². The van der Waals surface area contributed by atoms with Crippen molar-refractivity contribution in [2.24, 2.45) is 0 Å². The van der Waals surface area contributed by atoms with Crippen LogP contribution in [-0.4, -0.2) is 38.5 Å². The van der Waals surface area contributed by atoms with Crippen LogP contribution in [0.3, 0.4) is 0 Å². The van der Waals surface area contributed by atoms with Crippen molar-refractivity contribution in [3.05, 3.63) is 23.8 Å². The number of urea groups is 1. The van der Waals surface area contributed by atoms with Gasteiger partial charge in [0.25, 0.3) is 0 Å². The molecule has 6 heteroatoms. The van der Waals surface area contributed by atoms with Crippen molar-refractivity contribution < 1.29 is 19.4 Å². The number of hydrogen-bond donors (Lipinski definition) is 3. The van der Waals surface area contributed by atoms with Gasteiger partial charge in [-0.1, -0.05) is 6.07 Å². The standard InChI is InChI=1S/C12H18N2O4/c1-17-10-4-3-9(7-11(10)18-2)8-14-12(16)13-5-6-15/h3-4,7,15H,5-6,8H2,1-2H3,(H2,13,14,16). The third-order valence-corrected chi connectivity index (χ3v) is 2.30. The van der Waals surface area contributed by atoms with Crippen LogP contribution in [-0.2, 0) is 6.54 Å². The molecule has 0 radical (unpaired) electrons. The van der Waals surface area contributed by atoms with Crippen LogP contribution < -0.4 is 20.1 Å². The number of benzene rings is 1. The van der Waals surface area contributed by atoms with Gasteiger partial charge >= 0.3 is 6.03 Å². The smallest absolute Gasteiger partial charge is 0.315 e. The summed E-state index contributed by atoms with van der Waals surface area (Å²) < 4.78 is 10.3. The number of amides is 2. The van der Waals surface area contributed by atoms with Gasteiger partial charge in [-0.05, 0) is 17.7 Å². The molecule has 0 aliphatic heterocycles. The van der Waals surface area contributed by atoms with Crippen LogP contribution in [0.25, 0.3) is 0 Å². The molecule has 1 aromatic rings. The molecule has 0 spiro atoms. The number of carbonyl (C=O) groups is 1. The summed E-state index contributed by atoms with van der Waals surface area (Å²) in [5.41, 5.74) is 0.895. The number of hydrogen-bond acceptors (Lipinski definition) is 4. The second-order valence-corrected chi connectivity index (χ2v) is 3.52. The first kappa shape index (κ1) is 14.1. The summed E-state index contributed by atoms with van der Waals surface area (Å²) >= 11 is 0. The van der Waals surface area contributed by atoms with Crippen molar-refractivity contribution in [1.29, 1.82) is 0 Å². The first-order chi connectivity index (χ1) is 8.71. The Hall–Kier alpha value is -1.95. The van der Waals surface area contributed by atoms with Crippen molar-refractivity contribution in [1.82, 2.24) is 10.6 Å². The number of methoxy groups -OCH3 is 2. The van der Waals surface area contributed by atoms with Gasteiger partial charge in [-0.15, -0.1) is 0 Å². The quantitative estimate of drug-likeness (QED) is 0.690. The number of rotatable bonds is 6. The zero-order valence-corrected chi connectivity index (χ0v) is 10.5. The molecule has 3 N–H and O–H groups in total. The molecule has 1 aromatic carbocycles. The molecule has 6 nitrogen and oxygen atoms in total. The summed E-state index contributed by atoms with van der Waals surface area (Å²) in [6.07, 6.45) is 0. The fraction of sp³-hybridized carbons (Fsp3) is 0.417. The highest BCUT2D eigenvalue weighted by Gasteiger charge is 2.05. The van der Waals surface area contributed by atoms with Crippen LogP contribution in [0, 0.1) is 0 Å². The number of carbonyl (C=O) groups excluding carboxylic acids is 1. The fourth-order valence-corrected chi connectivity index (χ4v) is 1.40. The molecule has 0 atom stereocenters. The summed E-state index contributed by atoms with van der Waals surface area (Å²) in [5, 5.41) is 13.7. The SMILES string of the molecule is COc1ccc(CNC(=O)NCCO)cc1OC. The molecule has 0 aliphatic carbocycles. The highest BCUT2D eigenvalue weighted by molar-refractivity contribution is 5.73. The number of ether oxygens (including phenoxy) is 2. The van der Waals surface area contributed by atoms with Gasteiger partial charge < -0.3 is 25.2 Å². The first-order valence-corrected chi connectivity index (χ1v) is 5.54. The van der Waals surface area contributed by atoms with E-state index in [-0.39, 0.29) is 19.2 Å². The van der Waals surface area contributed by atoms with Crippen molar-refractivity contribution in [3.63, 3.8) is 0 Å². The molecule has 0 aromatic heterocycles. The van der Waals surface area contributed by atoms with Gasteiger partial charge in [0.2, 0.25) is 0 Å². The lowest BCUT2D eigenvalue weighted by Crippen LogP contribution is -2.36. The molecule has 0 saturated heterocycles. The van der Waals surface area contributed by atoms with E-state index in [4.69, 9.17) is 14.6 Å². The van der Waals surface area contributed by atoms with E-state index in [1.165, 1.54) is 0 Å². The maximum Gasteiger partial charge on any atom is 0.315 e. The molecular formula is C12H18N2O4. The molecular weight excluding hydrogens is 236 g/mol. The van der Waals surface area contributed by atoms with E-state index in [2.05, 4.69) is 10.6 Å². The zero-order valence-electron chi connectivity index (χ0n) is 10.5. The second-order valence-electron chi connectivity index (χ2n) is 3.52. The molecule has 0 fully saturated rings. The predicted molar refractivity (Wildman–Crippen MR) is 66.9 cm³/mol. The van der Waals surface area contributed by atoms with Crippen molar-refractivity contribution in [2.75, 3.05) is 27.4 Å². The largest absolute Gasteiger partial charge is 0.493 e. The topological polar surface area (TPSA) is 79.8 Å². The Morgan fingerprint density at radius 3 is 2.56 bits per heavy atom. The Morgan fingerprint density at radius 1 is 1.22 bits per heavy atom. The van der Waals surface area contributed by atoms with Crippen LogP contribution in [0.2, 0.25) is 0 Å². The lowest BCUT2D eigenvalue weighted by molar-refractivity contribution is 0.234. The molecule has 1 rings (SSSR count). The Bertz CT molecular complexity index is 396. The van der Waals surface area contributed by atoms with E-state index in [1.54, 1.807) is 26.4 Å². The maximum absolute atomic E-state index is 11.3. The average molecular weight is 254 g/mol. The van der Waals surface area contributed by atoms with Crippen LogP contribution in [0.4, 0.5) is 4.79 Å². The molecule has 18 heavy (non-hydrogen) atoms. The van der Waals surface area contributed by atoms with Gasteiger partial charge in [-0.2, -0.15) is 0 Å². The minimum Gasteiger partial charge on any atom is -0.493 e. The molecule has 2 amide bonds. The Kier molecular flexibility index (Phi) is 5.79. The van der Waals surface area contributed by atoms with Gasteiger partial charge in [0.05, 0.1) is 20.8 Å². The molecule has 0 saturated carbocycles. The molecule has 0 bridgehead atoms. The van der Waals surface area contributed by atoms with Gasteiger partial charge in [-0.3, -0.25) is 0 Å². The maximum atomic E-state index is 11.3. The van der Waals surface area contributed by atoms with E-state index in [9.17, 15) is 4.79 Å². The number of aliphatic hydroxyl groups excluding tert-OH is 1. The van der Waals surface area contributed by atoms with Crippen molar-refractivity contribution in [2.45, 2.75) is 6.54 Å². The summed E-state index contributed by atoms with van der Waals surface area (Å²) in [6.45, 7) is 0.527. The van der Waals surface area contributed by atoms with Crippen LogP contribution in [0.1, 0.15) is 5.56 Å². The van der Waals surface area contributed by atoms with Crippen LogP contribution in [0.5, 0.6) is 11.5 Å². The lowest BCUT2D eigenvalue weighted by atomic mass is 10.2. The molecule has 100 valence electrons. The van der Waals surface area contributed by atoms with Crippen LogP contribution in [0.15, 0.2) is 18.2 Å². The molecule has 0 heterocycles. The minimum atomic E-state index is -0.321. The zero-order chi connectivity index (χ0) is 13.4. The predicted octanol–water partition coefficient (Wildman–Crippen LogP) is 0.495. The lowest BCUT2D eigenvalue weighted by Gasteiger charge is -2.10. The third-order valence-electron chi connectivity index (χ3n) is 2.30.